The minimum absolute atomic E-state index is 0.136. The molecular weight excluding hydrogens is 410 g/mol. The number of ketones is 1. The predicted octanol–water partition coefficient (Wildman–Crippen LogP) is 4.60. The third-order valence-corrected chi connectivity index (χ3v) is 7.10. The summed E-state index contributed by atoms with van der Waals surface area (Å²) in [5, 5.41) is 0.651. The van der Waals surface area contributed by atoms with Crippen LogP contribution in [-0.4, -0.2) is 39.9 Å². The van der Waals surface area contributed by atoms with Crippen LogP contribution >= 0.6 is 11.6 Å². The summed E-state index contributed by atoms with van der Waals surface area (Å²) in [5.74, 6) is 1.97. The first kappa shape index (κ1) is 22.2. The molecule has 0 unspecified atom stereocenters. The molecule has 4 heterocycles. The fraction of sp³-hybridized carbons (Fsp3) is 0.560. The Morgan fingerprint density at radius 2 is 1.90 bits per heavy atom. The Kier molecular flexibility index (Phi) is 7.24. The first-order chi connectivity index (χ1) is 15.0. The van der Waals surface area contributed by atoms with E-state index < -0.39 is 0 Å². The van der Waals surface area contributed by atoms with E-state index >= 15 is 0 Å². The predicted molar refractivity (Wildman–Crippen MR) is 124 cm³/mol. The molecule has 0 aliphatic carbocycles. The van der Waals surface area contributed by atoms with E-state index in [0.29, 0.717) is 41.2 Å². The largest absolute Gasteiger partial charge is 0.303 e. The molecule has 3 aliphatic heterocycles. The lowest BCUT2D eigenvalue weighted by Crippen LogP contribution is -2.48. The number of fused-ring (bicyclic) bond motifs is 3. The van der Waals surface area contributed by atoms with Crippen molar-refractivity contribution in [3.05, 3.63) is 51.5 Å². The molecule has 0 saturated carbocycles. The molecule has 3 saturated heterocycles. The summed E-state index contributed by atoms with van der Waals surface area (Å²) in [5.41, 5.74) is 1.37. The Morgan fingerprint density at radius 3 is 2.55 bits per heavy atom. The number of piperidine rings is 3. The number of Topliss-reactive ketones (excluding diaryl/α,β-unsaturated/α-hetero) is 1. The fourth-order valence-electron chi connectivity index (χ4n) is 5.07. The average Bonchev–Trinajstić information content (AvgIpc) is 2.77. The van der Waals surface area contributed by atoms with E-state index in [1.165, 1.54) is 25.9 Å². The molecule has 1 aromatic heterocycles. The Labute approximate surface area is 189 Å². The lowest BCUT2D eigenvalue weighted by Gasteiger charge is -2.44. The van der Waals surface area contributed by atoms with Gasteiger partial charge in [-0.1, -0.05) is 43.5 Å². The molecule has 1 aromatic carbocycles. The molecule has 166 valence electrons. The molecule has 0 radical (unpaired) electrons. The van der Waals surface area contributed by atoms with Gasteiger partial charge in [-0.2, -0.15) is 0 Å². The van der Waals surface area contributed by atoms with Gasteiger partial charge in [0.25, 0.3) is 5.56 Å². The van der Waals surface area contributed by atoms with Gasteiger partial charge in [0, 0.05) is 36.0 Å². The van der Waals surface area contributed by atoms with Crippen LogP contribution in [0.1, 0.15) is 51.3 Å². The Bertz CT molecular complexity index is 962. The lowest BCUT2D eigenvalue weighted by atomic mass is 9.77. The second-order valence-corrected chi connectivity index (χ2v) is 9.52. The van der Waals surface area contributed by atoms with E-state index in [2.05, 4.69) is 11.8 Å². The van der Waals surface area contributed by atoms with Gasteiger partial charge in [-0.3, -0.25) is 14.2 Å². The highest BCUT2D eigenvalue weighted by Crippen LogP contribution is 2.34. The minimum Gasteiger partial charge on any atom is -0.303 e. The number of aryl methyl sites for hydroxylation is 1. The van der Waals surface area contributed by atoms with Crippen molar-refractivity contribution in [2.75, 3.05) is 19.6 Å². The van der Waals surface area contributed by atoms with Gasteiger partial charge in [0.15, 0.2) is 5.78 Å². The summed E-state index contributed by atoms with van der Waals surface area (Å²) in [6.07, 6.45) is 6.82. The molecule has 5 rings (SSSR count). The second kappa shape index (κ2) is 10.1. The average molecular weight is 442 g/mol. The topological polar surface area (TPSA) is 55.2 Å². The zero-order chi connectivity index (χ0) is 21.8. The van der Waals surface area contributed by atoms with Crippen LogP contribution < -0.4 is 5.56 Å². The Hall–Kier alpha value is -1.98. The van der Waals surface area contributed by atoms with Crippen LogP contribution in [0.5, 0.6) is 0 Å². The van der Waals surface area contributed by atoms with E-state index in [9.17, 15) is 9.59 Å². The molecule has 5 nitrogen and oxygen atoms in total. The van der Waals surface area contributed by atoms with Crippen LogP contribution in [0.2, 0.25) is 5.02 Å². The van der Waals surface area contributed by atoms with Gasteiger partial charge in [0.05, 0.1) is 12.2 Å². The molecule has 1 atom stereocenters. The van der Waals surface area contributed by atoms with Crippen LogP contribution in [0.4, 0.5) is 0 Å². The first-order valence-electron chi connectivity index (χ1n) is 11.6. The molecular formula is C25H32ClN3O2. The number of nitrogens with zero attached hydrogens (tertiary/aromatic N) is 3. The van der Waals surface area contributed by atoms with Crippen molar-refractivity contribution in [3.63, 3.8) is 0 Å². The summed E-state index contributed by atoms with van der Waals surface area (Å²) in [4.78, 5) is 33.3. The number of carbonyl (C=O) groups excluding carboxylic acids is 1. The third kappa shape index (κ3) is 5.45. The van der Waals surface area contributed by atoms with Gasteiger partial charge in [-0.15, -0.1) is 0 Å². The van der Waals surface area contributed by atoms with Crippen LogP contribution in [-0.2, 0) is 17.8 Å². The van der Waals surface area contributed by atoms with Crippen molar-refractivity contribution in [1.29, 1.82) is 0 Å². The number of benzene rings is 1. The monoisotopic (exact) mass is 441 g/mol. The highest BCUT2D eigenvalue weighted by atomic mass is 35.5. The van der Waals surface area contributed by atoms with Gasteiger partial charge in [-0.05, 0) is 56.3 Å². The molecule has 0 spiro atoms. The number of hydrogen-bond acceptors (Lipinski definition) is 4. The zero-order valence-electron chi connectivity index (χ0n) is 18.4. The maximum Gasteiger partial charge on any atom is 0.254 e. The lowest BCUT2D eigenvalue weighted by molar-refractivity contribution is -0.122. The van der Waals surface area contributed by atoms with Crippen molar-refractivity contribution < 1.29 is 4.79 Å². The molecule has 2 aromatic rings. The van der Waals surface area contributed by atoms with Crippen molar-refractivity contribution in [1.82, 2.24) is 14.5 Å². The van der Waals surface area contributed by atoms with Crippen molar-refractivity contribution in [2.24, 2.45) is 11.8 Å². The zero-order valence-corrected chi connectivity index (χ0v) is 19.1. The molecule has 2 bridgehead atoms. The van der Waals surface area contributed by atoms with Crippen LogP contribution in [0.15, 0.2) is 35.1 Å². The summed E-state index contributed by atoms with van der Waals surface area (Å²) in [6.45, 7) is 5.67. The van der Waals surface area contributed by atoms with Gasteiger partial charge in [0.2, 0.25) is 0 Å². The standard InChI is InChI=1S/C25H32ClN3O2/c1-2-3-4-5-24-27-23(19-6-8-21(26)9-7-19)15-25(31)29(24)17-22(30)14-20-16-28-12-10-18(20)11-13-28/h6-9,15,18,20H,2-5,10-14,16-17H2,1H3/t20-/m1/s1. The number of hydrogen-bond donors (Lipinski definition) is 0. The summed E-state index contributed by atoms with van der Waals surface area (Å²) in [6, 6.07) is 8.91. The number of unbranched alkanes of at least 4 members (excludes halogenated alkanes) is 2. The fourth-order valence-corrected chi connectivity index (χ4v) is 5.19. The van der Waals surface area contributed by atoms with E-state index in [4.69, 9.17) is 16.6 Å². The van der Waals surface area contributed by atoms with Crippen molar-refractivity contribution in [3.8, 4) is 11.3 Å². The summed E-state index contributed by atoms with van der Waals surface area (Å²) < 4.78 is 1.61. The highest BCUT2D eigenvalue weighted by Gasteiger charge is 2.35. The van der Waals surface area contributed by atoms with Gasteiger partial charge in [0.1, 0.15) is 5.82 Å². The van der Waals surface area contributed by atoms with Crippen LogP contribution in [0.3, 0.4) is 0 Å². The third-order valence-electron chi connectivity index (χ3n) is 6.85. The Morgan fingerprint density at radius 1 is 1.16 bits per heavy atom. The van der Waals surface area contributed by atoms with E-state index in [1.807, 2.05) is 12.1 Å². The maximum atomic E-state index is 13.0. The number of carbonyl (C=O) groups is 1. The van der Waals surface area contributed by atoms with Gasteiger partial charge < -0.3 is 4.90 Å². The second-order valence-electron chi connectivity index (χ2n) is 9.09. The van der Waals surface area contributed by atoms with Gasteiger partial charge >= 0.3 is 0 Å². The number of rotatable bonds is 9. The minimum atomic E-state index is -0.145. The smallest absolute Gasteiger partial charge is 0.254 e. The van der Waals surface area contributed by atoms with Crippen molar-refractivity contribution in [2.45, 2.75) is 58.4 Å². The molecule has 0 N–H and O–H groups in total. The molecule has 31 heavy (non-hydrogen) atoms. The number of aromatic nitrogens is 2. The Balaban J connectivity index is 1.54. The normalized spacial score (nSPS) is 22.6. The summed E-state index contributed by atoms with van der Waals surface area (Å²) >= 11 is 6.01. The van der Waals surface area contributed by atoms with E-state index in [-0.39, 0.29) is 17.9 Å². The van der Waals surface area contributed by atoms with Crippen LogP contribution in [0.25, 0.3) is 11.3 Å². The van der Waals surface area contributed by atoms with Gasteiger partial charge in [-0.25, -0.2) is 4.98 Å². The number of halogens is 1. The highest BCUT2D eigenvalue weighted by molar-refractivity contribution is 6.30. The molecule has 6 heteroatoms. The van der Waals surface area contributed by atoms with Crippen molar-refractivity contribution >= 4 is 17.4 Å². The first-order valence-corrected chi connectivity index (χ1v) is 12.0. The molecule has 0 amide bonds. The quantitative estimate of drug-likeness (QED) is 0.534. The van der Waals surface area contributed by atoms with Crippen LogP contribution in [0, 0.1) is 11.8 Å². The van der Waals surface area contributed by atoms with E-state index in [0.717, 1.165) is 31.4 Å². The molecule has 3 fully saturated rings. The maximum absolute atomic E-state index is 13.0. The SMILES string of the molecule is CCCCCc1nc(-c2ccc(Cl)cc2)cc(=O)n1CC(=O)C[C@@H]1CN2CCC1CC2. The summed E-state index contributed by atoms with van der Waals surface area (Å²) in [7, 11) is 0. The molecule has 3 aliphatic rings. The van der Waals surface area contributed by atoms with E-state index in [1.54, 1.807) is 22.8 Å².